The molecule has 0 saturated heterocycles. The number of nitrogens with one attached hydrogen (secondary N) is 2. The van der Waals surface area contributed by atoms with Crippen LogP contribution in [0.15, 0.2) is 35.0 Å². The highest BCUT2D eigenvalue weighted by Crippen LogP contribution is 2.21. The van der Waals surface area contributed by atoms with Crippen LogP contribution in [-0.2, 0) is 0 Å². The first-order valence-corrected chi connectivity index (χ1v) is 7.36. The number of anilines is 1. The molecule has 2 amide bonds. The molecule has 1 aromatic heterocycles. The van der Waals surface area contributed by atoms with Crippen molar-refractivity contribution in [3.05, 3.63) is 51.7 Å². The van der Waals surface area contributed by atoms with Gasteiger partial charge < -0.3 is 15.7 Å². The first-order chi connectivity index (χ1) is 9.99. The third kappa shape index (κ3) is 3.61. The van der Waals surface area contributed by atoms with Gasteiger partial charge in [-0.1, -0.05) is 12.1 Å². The number of para-hydroxylation sites is 1. The Labute approximate surface area is 126 Å². The number of carboxylic acid groups (broad SMARTS) is 1. The zero-order valence-electron chi connectivity index (χ0n) is 11.7. The zero-order valence-corrected chi connectivity index (χ0v) is 12.5. The van der Waals surface area contributed by atoms with Gasteiger partial charge in [0.2, 0.25) is 0 Å². The number of carbonyl (C=O) groups excluding carboxylic acids is 1. The Hall–Kier alpha value is -2.34. The fraction of sp³-hybridized carbons (Fsp3) is 0.200. The van der Waals surface area contributed by atoms with Crippen molar-refractivity contribution in [2.45, 2.75) is 19.9 Å². The molecule has 0 spiro atoms. The predicted octanol–water partition coefficient (Wildman–Crippen LogP) is 3.64. The summed E-state index contributed by atoms with van der Waals surface area (Å²) in [6.45, 7) is 3.63. The fourth-order valence-corrected chi connectivity index (χ4v) is 2.72. The lowest BCUT2D eigenvalue weighted by Gasteiger charge is -2.16. The maximum Gasteiger partial charge on any atom is 0.337 e. The fourth-order valence-electron chi connectivity index (χ4n) is 1.96. The van der Waals surface area contributed by atoms with E-state index in [0.29, 0.717) is 11.3 Å². The minimum atomic E-state index is -1.07. The third-order valence-electron chi connectivity index (χ3n) is 3.13. The van der Waals surface area contributed by atoms with E-state index in [1.165, 1.54) is 6.07 Å². The SMILES string of the molecule is Cc1cccc(C(=O)O)c1NC(=O)NC(C)c1ccsc1. The van der Waals surface area contributed by atoms with Crippen molar-refractivity contribution >= 4 is 29.0 Å². The first kappa shape index (κ1) is 15.1. The summed E-state index contributed by atoms with van der Waals surface area (Å²) in [6.07, 6.45) is 0. The average Bonchev–Trinajstić information content (AvgIpc) is 2.94. The molecule has 3 N–H and O–H groups in total. The van der Waals surface area contributed by atoms with Crippen LogP contribution in [0.3, 0.4) is 0 Å². The summed E-state index contributed by atoms with van der Waals surface area (Å²) in [7, 11) is 0. The summed E-state index contributed by atoms with van der Waals surface area (Å²) in [5.41, 5.74) is 2.11. The molecule has 1 aromatic carbocycles. The van der Waals surface area contributed by atoms with Crippen molar-refractivity contribution in [2.75, 3.05) is 5.32 Å². The molecule has 6 heteroatoms. The molecule has 0 aliphatic carbocycles. The first-order valence-electron chi connectivity index (χ1n) is 6.41. The van der Waals surface area contributed by atoms with Gasteiger partial charge in [-0.2, -0.15) is 11.3 Å². The van der Waals surface area contributed by atoms with Crippen molar-refractivity contribution in [3.8, 4) is 0 Å². The van der Waals surface area contributed by atoms with Gasteiger partial charge in [0.05, 0.1) is 17.3 Å². The number of hydrogen-bond acceptors (Lipinski definition) is 3. The lowest BCUT2D eigenvalue weighted by molar-refractivity contribution is 0.0698. The Morgan fingerprint density at radius 3 is 2.67 bits per heavy atom. The summed E-state index contributed by atoms with van der Waals surface area (Å²) in [5, 5.41) is 18.5. The molecule has 0 bridgehead atoms. The number of benzene rings is 1. The molecule has 2 rings (SSSR count). The molecule has 1 atom stereocenters. The maximum atomic E-state index is 12.0. The van der Waals surface area contributed by atoms with Crippen LogP contribution in [0.2, 0.25) is 0 Å². The minimum Gasteiger partial charge on any atom is -0.478 e. The van der Waals surface area contributed by atoms with Crippen LogP contribution < -0.4 is 10.6 Å². The van der Waals surface area contributed by atoms with Gasteiger partial charge in [-0.3, -0.25) is 0 Å². The number of rotatable bonds is 4. The molecule has 0 aliphatic heterocycles. The van der Waals surface area contributed by atoms with Crippen molar-refractivity contribution in [1.82, 2.24) is 5.32 Å². The van der Waals surface area contributed by atoms with E-state index in [1.54, 1.807) is 30.4 Å². The van der Waals surface area contributed by atoms with Gasteiger partial charge in [-0.05, 0) is 47.9 Å². The molecule has 2 aromatic rings. The monoisotopic (exact) mass is 304 g/mol. The summed E-state index contributed by atoms with van der Waals surface area (Å²) >= 11 is 1.56. The third-order valence-corrected chi connectivity index (χ3v) is 3.83. The number of carbonyl (C=O) groups is 2. The molecule has 21 heavy (non-hydrogen) atoms. The molecular weight excluding hydrogens is 288 g/mol. The summed E-state index contributed by atoms with van der Waals surface area (Å²) in [6, 6.07) is 6.23. The highest BCUT2D eigenvalue weighted by molar-refractivity contribution is 7.07. The molecule has 1 heterocycles. The highest BCUT2D eigenvalue weighted by atomic mass is 32.1. The second-order valence-electron chi connectivity index (χ2n) is 4.68. The van der Waals surface area contributed by atoms with Crippen LogP contribution in [0.25, 0.3) is 0 Å². The maximum absolute atomic E-state index is 12.0. The van der Waals surface area contributed by atoms with E-state index < -0.39 is 12.0 Å². The van der Waals surface area contributed by atoms with Crippen LogP contribution in [0.1, 0.15) is 34.5 Å². The average molecular weight is 304 g/mol. The number of aryl methyl sites for hydroxylation is 1. The van der Waals surface area contributed by atoms with Crippen molar-refractivity contribution in [3.63, 3.8) is 0 Å². The molecular formula is C15H16N2O3S. The normalized spacial score (nSPS) is 11.7. The van der Waals surface area contributed by atoms with Gasteiger partial charge in [0.1, 0.15) is 0 Å². The smallest absolute Gasteiger partial charge is 0.337 e. The Morgan fingerprint density at radius 1 is 1.29 bits per heavy atom. The summed E-state index contributed by atoms with van der Waals surface area (Å²) < 4.78 is 0. The summed E-state index contributed by atoms with van der Waals surface area (Å²) in [5.74, 6) is -1.07. The van der Waals surface area contributed by atoms with Gasteiger partial charge in [0, 0.05) is 0 Å². The van der Waals surface area contributed by atoms with Crippen LogP contribution >= 0.6 is 11.3 Å². The zero-order chi connectivity index (χ0) is 15.4. The number of amides is 2. The molecule has 110 valence electrons. The lowest BCUT2D eigenvalue weighted by Crippen LogP contribution is -2.31. The van der Waals surface area contributed by atoms with E-state index in [0.717, 1.165) is 5.56 Å². The van der Waals surface area contributed by atoms with Crippen molar-refractivity contribution < 1.29 is 14.7 Å². The Morgan fingerprint density at radius 2 is 2.05 bits per heavy atom. The largest absolute Gasteiger partial charge is 0.478 e. The van der Waals surface area contributed by atoms with Gasteiger partial charge in [0.15, 0.2) is 0 Å². The minimum absolute atomic E-state index is 0.0772. The lowest BCUT2D eigenvalue weighted by atomic mass is 10.1. The Kier molecular flexibility index (Phi) is 4.59. The van der Waals surface area contributed by atoms with Crippen LogP contribution in [-0.4, -0.2) is 17.1 Å². The van der Waals surface area contributed by atoms with E-state index in [9.17, 15) is 9.59 Å². The quantitative estimate of drug-likeness (QED) is 0.807. The molecule has 0 fully saturated rings. The van der Waals surface area contributed by atoms with Gasteiger partial charge in [-0.25, -0.2) is 9.59 Å². The topological polar surface area (TPSA) is 78.4 Å². The van der Waals surface area contributed by atoms with E-state index >= 15 is 0 Å². The van der Waals surface area contributed by atoms with Crippen LogP contribution in [0.5, 0.6) is 0 Å². The second-order valence-corrected chi connectivity index (χ2v) is 5.46. The number of carboxylic acids is 1. The molecule has 0 aliphatic rings. The van der Waals surface area contributed by atoms with Crippen LogP contribution in [0.4, 0.5) is 10.5 Å². The van der Waals surface area contributed by atoms with Gasteiger partial charge in [0.25, 0.3) is 0 Å². The van der Waals surface area contributed by atoms with Gasteiger partial charge in [-0.15, -0.1) is 0 Å². The Balaban J connectivity index is 2.11. The van der Waals surface area contributed by atoms with E-state index in [2.05, 4.69) is 10.6 Å². The number of aromatic carboxylic acids is 1. The molecule has 5 nitrogen and oxygen atoms in total. The standard InChI is InChI=1S/C15H16N2O3S/c1-9-4-3-5-12(14(18)19)13(9)17-15(20)16-10(2)11-6-7-21-8-11/h3-8,10H,1-2H3,(H,18,19)(H2,16,17,20). The van der Waals surface area contributed by atoms with E-state index in [1.807, 2.05) is 23.8 Å². The van der Waals surface area contributed by atoms with E-state index in [-0.39, 0.29) is 11.6 Å². The Bertz CT molecular complexity index is 653. The molecule has 1 unspecified atom stereocenters. The molecule has 0 radical (unpaired) electrons. The van der Waals surface area contributed by atoms with Gasteiger partial charge >= 0.3 is 12.0 Å². The second kappa shape index (κ2) is 6.41. The summed E-state index contributed by atoms with van der Waals surface area (Å²) in [4.78, 5) is 23.2. The number of thiophene rings is 1. The molecule has 0 saturated carbocycles. The van der Waals surface area contributed by atoms with Crippen molar-refractivity contribution in [2.24, 2.45) is 0 Å². The predicted molar refractivity (Wildman–Crippen MR) is 83.0 cm³/mol. The number of hydrogen-bond donors (Lipinski definition) is 3. The van der Waals surface area contributed by atoms with E-state index in [4.69, 9.17) is 5.11 Å². The number of urea groups is 1. The van der Waals surface area contributed by atoms with Crippen LogP contribution in [0, 0.1) is 6.92 Å². The van der Waals surface area contributed by atoms with Crippen molar-refractivity contribution in [1.29, 1.82) is 0 Å². The highest BCUT2D eigenvalue weighted by Gasteiger charge is 2.16.